The molecule has 0 aliphatic heterocycles. The minimum absolute atomic E-state index is 0.00418. The highest BCUT2D eigenvalue weighted by Gasteiger charge is 2.40. The van der Waals surface area contributed by atoms with Crippen molar-refractivity contribution < 1.29 is 19.2 Å². The van der Waals surface area contributed by atoms with Gasteiger partial charge in [0.1, 0.15) is 0 Å². The molecule has 2 unspecified atom stereocenters. The molecule has 0 aromatic heterocycles. The van der Waals surface area contributed by atoms with E-state index in [1.54, 1.807) is 6.07 Å². The molecule has 0 radical (unpaired) electrons. The predicted molar refractivity (Wildman–Crippen MR) is 104 cm³/mol. The van der Waals surface area contributed by atoms with Gasteiger partial charge in [0.25, 0.3) is 5.69 Å². The summed E-state index contributed by atoms with van der Waals surface area (Å²) < 4.78 is 10.4. The number of nitrogens with one attached hydrogen (secondary N) is 1. The molecule has 1 amide bonds. The number of carbonyl (C=O) groups excluding carboxylic acids is 1. The molecule has 0 spiro atoms. The number of amides is 1. The molecule has 28 heavy (non-hydrogen) atoms. The number of nitro groups is 1. The number of fused-ring (bicyclic) bond motifs is 2. The zero-order valence-corrected chi connectivity index (χ0v) is 16.5. The summed E-state index contributed by atoms with van der Waals surface area (Å²) in [6.07, 6.45) is 5.47. The quantitative estimate of drug-likeness (QED) is 0.545. The van der Waals surface area contributed by atoms with Gasteiger partial charge in [0.05, 0.1) is 25.2 Å². The molecule has 2 saturated carbocycles. The Kier molecular flexibility index (Phi) is 6.39. The summed E-state index contributed by atoms with van der Waals surface area (Å²) in [5.41, 5.74) is 6.77. The van der Waals surface area contributed by atoms with Crippen molar-refractivity contribution in [1.82, 2.24) is 5.32 Å². The van der Waals surface area contributed by atoms with Gasteiger partial charge in [0.2, 0.25) is 5.91 Å². The van der Waals surface area contributed by atoms with E-state index in [9.17, 15) is 14.9 Å². The fourth-order valence-corrected chi connectivity index (χ4v) is 4.75. The van der Waals surface area contributed by atoms with E-state index in [1.165, 1.54) is 26.7 Å². The van der Waals surface area contributed by atoms with Crippen LogP contribution < -0.4 is 20.5 Å². The second-order valence-electron chi connectivity index (χ2n) is 7.83. The Balaban J connectivity index is 1.61. The third-order valence-electron chi connectivity index (χ3n) is 6.26. The summed E-state index contributed by atoms with van der Waals surface area (Å²) in [6, 6.07) is 3.19. The third-order valence-corrected chi connectivity index (χ3v) is 6.26. The summed E-state index contributed by atoms with van der Waals surface area (Å²) >= 11 is 0. The maximum Gasteiger partial charge on any atom is 0.276 e. The molecule has 2 fully saturated rings. The van der Waals surface area contributed by atoms with Crippen LogP contribution in [0.2, 0.25) is 0 Å². The van der Waals surface area contributed by atoms with Gasteiger partial charge in [-0.15, -0.1) is 0 Å². The molecule has 154 valence electrons. The van der Waals surface area contributed by atoms with E-state index in [4.69, 9.17) is 15.2 Å². The number of ether oxygens (including phenoxy) is 2. The Bertz CT molecular complexity index is 725. The lowest BCUT2D eigenvalue weighted by Crippen LogP contribution is -2.49. The largest absolute Gasteiger partial charge is 0.493 e. The van der Waals surface area contributed by atoms with Gasteiger partial charge < -0.3 is 20.5 Å². The zero-order chi connectivity index (χ0) is 20.3. The van der Waals surface area contributed by atoms with Crippen LogP contribution >= 0.6 is 0 Å². The maximum absolute atomic E-state index is 12.6. The molecule has 3 N–H and O–H groups in total. The normalized spacial score (nSPS) is 26.4. The topological polar surface area (TPSA) is 117 Å². The smallest absolute Gasteiger partial charge is 0.276 e. The van der Waals surface area contributed by atoms with E-state index >= 15 is 0 Å². The minimum atomic E-state index is -0.442. The Morgan fingerprint density at radius 2 is 1.82 bits per heavy atom. The molecule has 2 aliphatic rings. The van der Waals surface area contributed by atoms with Crippen molar-refractivity contribution in [2.75, 3.05) is 20.8 Å². The number of methoxy groups -OCH3 is 2. The molecule has 8 heteroatoms. The summed E-state index contributed by atoms with van der Waals surface area (Å²) in [5, 5.41) is 14.3. The number of rotatable bonds is 7. The number of benzene rings is 1. The van der Waals surface area contributed by atoms with Gasteiger partial charge in [-0.25, -0.2) is 0 Å². The molecule has 1 aromatic carbocycles. The van der Waals surface area contributed by atoms with Crippen LogP contribution in [0.4, 0.5) is 5.69 Å². The number of carbonyl (C=O) groups is 1. The lowest BCUT2D eigenvalue weighted by Gasteiger charge is -2.43. The third kappa shape index (κ3) is 4.22. The molecule has 3 rings (SSSR count). The Labute approximate surface area is 164 Å². The van der Waals surface area contributed by atoms with Gasteiger partial charge in [0, 0.05) is 24.1 Å². The van der Waals surface area contributed by atoms with E-state index in [1.807, 2.05) is 0 Å². The monoisotopic (exact) mass is 391 g/mol. The highest BCUT2D eigenvalue weighted by Crippen LogP contribution is 2.42. The highest BCUT2D eigenvalue weighted by atomic mass is 16.6. The average Bonchev–Trinajstić information content (AvgIpc) is 2.66. The van der Waals surface area contributed by atoms with E-state index in [2.05, 4.69) is 5.32 Å². The number of nitro benzene ring substituents is 1. The molecule has 2 atom stereocenters. The van der Waals surface area contributed by atoms with Crippen LogP contribution in [0.3, 0.4) is 0 Å². The van der Waals surface area contributed by atoms with Crippen LogP contribution in [0.15, 0.2) is 12.1 Å². The van der Waals surface area contributed by atoms with Crippen molar-refractivity contribution in [1.29, 1.82) is 0 Å². The van der Waals surface area contributed by atoms with Crippen LogP contribution in [0, 0.1) is 27.9 Å². The Hall–Kier alpha value is -2.35. The second kappa shape index (κ2) is 8.77. The van der Waals surface area contributed by atoms with Crippen molar-refractivity contribution in [3.8, 4) is 11.5 Å². The van der Waals surface area contributed by atoms with E-state index in [-0.39, 0.29) is 23.6 Å². The van der Waals surface area contributed by atoms with E-state index in [0.717, 1.165) is 25.7 Å². The Morgan fingerprint density at radius 1 is 1.21 bits per heavy atom. The summed E-state index contributed by atoms with van der Waals surface area (Å²) in [6.45, 7) is 0.340. The zero-order valence-electron chi connectivity index (χ0n) is 16.5. The standard InChI is InChI=1S/C20H29N3O5/c1-27-17-10-12(16(23(25)26)11-18(17)28-2)6-7-22-20(24)15-8-13-4-3-5-14(9-15)19(13)21/h10-11,13-15,19H,3-9,21H2,1-2H3,(H,22,24). The Morgan fingerprint density at radius 3 is 2.39 bits per heavy atom. The molecular formula is C20H29N3O5. The number of nitrogens with two attached hydrogens (primary N) is 1. The molecule has 1 aromatic rings. The summed E-state index contributed by atoms with van der Waals surface area (Å²) in [4.78, 5) is 23.6. The molecule has 2 bridgehead atoms. The van der Waals surface area contributed by atoms with Gasteiger partial charge in [0.15, 0.2) is 11.5 Å². The van der Waals surface area contributed by atoms with Gasteiger partial charge in [-0.2, -0.15) is 0 Å². The SMILES string of the molecule is COc1cc(CCNC(=O)C2CC3CCCC(C2)C3N)c([N+](=O)[O-])cc1OC. The minimum Gasteiger partial charge on any atom is -0.493 e. The molecule has 0 heterocycles. The number of nitrogens with zero attached hydrogens (tertiary/aromatic N) is 1. The van der Waals surface area contributed by atoms with E-state index in [0.29, 0.717) is 41.9 Å². The van der Waals surface area contributed by atoms with Crippen LogP contribution in [0.1, 0.15) is 37.7 Å². The van der Waals surface area contributed by atoms with E-state index < -0.39 is 4.92 Å². The predicted octanol–water partition coefficient (Wildman–Crippen LogP) is 2.42. The van der Waals surface area contributed by atoms with Crippen molar-refractivity contribution in [3.63, 3.8) is 0 Å². The van der Waals surface area contributed by atoms with Crippen LogP contribution in [-0.2, 0) is 11.2 Å². The van der Waals surface area contributed by atoms with Crippen molar-refractivity contribution in [2.24, 2.45) is 23.5 Å². The van der Waals surface area contributed by atoms with Gasteiger partial charge in [-0.1, -0.05) is 6.42 Å². The maximum atomic E-state index is 12.6. The summed E-state index contributed by atoms with van der Waals surface area (Å²) in [5.74, 6) is 1.66. The number of hydrogen-bond donors (Lipinski definition) is 2. The van der Waals surface area contributed by atoms with Gasteiger partial charge in [-0.05, 0) is 50.0 Å². The molecular weight excluding hydrogens is 362 g/mol. The first-order valence-corrected chi connectivity index (χ1v) is 9.87. The number of hydrogen-bond acceptors (Lipinski definition) is 6. The van der Waals surface area contributed by atoms with Crippen LogP contribution in [0.5, 0.6) is 11.5 Å². The second-order valence-corrected chi connectivity index (χ2v) is 7.83. The lowest BCUT2D eigenvalue weighted by atomic mass is 9.65. The fraction of sp³-hybridized carbons (Fsp3) is 0.650. The highest BCUT2D eigenvalue weighted by molar-refractivity contribution is 5.78. The lowest BCUT2D eigenvalue weighted by molar-refractivity contribution is -0.385. The average molecular weight is 391 g/mol. The summed E-state index contributed by atoms with van der Waals surface area (Å²) in [7, 11) is 2.92. The van der Waals surface area contributed by atoms with Crippen molar-refractivity contribution in [3.05, 3.63) is 27.8 Å². The van der Waals surface area contributed by atoms with Crippen LogP contribution in [0.25, 0.3) is 0 Å². The fourth-order valence-electron chi connectivity index (χ4n) is 4.75. The molecule has 8 nitrogen and oxygen atoms in total. The van der Waals surface area contributed by atoms with Gasteiger partial charge >= 0.3 is 0 Å². The van der Waals surface area contributed by atoms with Crippen molar-refractivity contribution >= 4 is 11.6 Å². The van der Waals surface area contributed by atoms with Crippen molar-refractivity contribution in [2.45, 2.75) is 44.6 Å². The van der Waals surface area contributed by atoms with Gasteiger partial charge in [-0.3, -0.25) is 14.9 Å². The van der Waals surface area contributed by atoms with Crippen LogP contribution in [-0.4, -0.2) is 37.6 Å². The molecule has 2 aliphatic carbocycles. The first kappa shape index (κ1) is 20.4. The first-order chi connectivity index (χ1) is 13.4. The first-order valence-electron chi connectivity index (χ1n) is 9.87. The molecule has 0 saturated heterocycles.